The highest BCUT2D eigenvalue weighted by Crippen LogP contribution is 2.44. The number of thioether (sulfide) groups is 1. The van der Waals surface area contributed by atoms with Crippen molar-refractivity contribution in [2.24, 2.45) is 0 Å². The van der Waals surface area contributed by atoms with E-state index in [0.29, 0.717) is 48.9 Å². The van der Waals surface area contributed by atoms with Gasteiger partial charge in [0.15, 0.2) is 0 Å². The minimum absolute atomic E-state index is 0.114. The van der Waals surface area contributed by atoms with Gasteiger partial charge in [-0.1, -0.05) is 83.2 Å². The molecule has 2 aromatic carbocycles. The number of unbranched alkanes of at least 4 members (excludes halogenated alkanes) is 4. The fourth-order valence-electron chi connectivity index (χ4n) is 6.03. The Labute approximate surface area is 280 Å². The van der Waals surface area contributed by atoms with E-state index in [0.717, 1.165) is 69.8 Å². The molecule has 4 rings (SSSR count). The SMILES string of the molecule is CCCCOC[C@H]1O[C@@H](c2cc(CC3Cc4ccccc4S3)c(Cl)cc2O)[C@H](OCCCC)C(OCCCC)[C@@H]1OCCCC. The summed E-state index contributed by atoms with van der Waals surface area (Å²) in [7, 11) is 0. The van der Waals surface area contributed by atoms with Crippen molar-refractivity contribution in [3.05, 3.63) is 58.1 Å². The van der Waals surface area contributed by atoms with E-state index in [-0.39, 0.29) is 24.1 Å². The number of aromatic hydroxyl groups is 1. The molecule has 0 radical (unpaired) electrons. The molecular weight excluding hydrogens is 608 g/mol. The summed E-state index contributed by atoms with van der Waals surface area (Å²) >= 11 is 8.70. The van der Waals surface area contributed by atoms with E-state index < -0.39 is 12.2 Å². The lowest BCUT2D eigenvalue weighted by Gasteiger charge is -2.46. The highest BCUT2D eigenvalue weighted by molar-refractivity contribution is 8.00. The minimum atomic E-state index is -0.566. The smallest absolute Gasteiger partial charge is 0.122 e. The first-order chi connectivity index (χ1) is 22.0. The average molecular weight is 663 g/mol. The van der Waals surface area contributed by atoms with Gasteiger partial charge in [-0.3, -0.25) is 0 Å². The topological polar surface area (TPSA) is 66.4 Å². The third kappa shape index (κ3) is 10.3. The molecule has 252 valence electrons. The van der Waals surface area contributed by atoms with Crippen LogP contribution in [0.5, 0.6) is 5.75 Å². The summed E-state index contributed by atoms with van der Waals surface area (Å²) in [4.78, 5) is 1.34. The molecule has 45 heavy (non-hydrogen) atoms. The van der Waals surface area contributed by atoms with Gasteiger partial charge in [0, 0.05) is 47.2 Å². The van der Waals surface area contributed by atoms with Gasteiger partial charge >= 0.3 is 0 Å². The standard InChI is InChI=1S/C37H55ClO6S/c1-5-9-17-40-25-32-35(41-18-10-6-2)37(43-20-12-8-4)36(42-19-11-7-3)34(44-32)29-23-27(30(38)24-31(29)39)22-28-21-26-15-13-14-16-33(26)45-28/h13-16,23-24,28,32,34-37,39H,5-12,17-22,25H2,1-4H3/t28?,32-,34+,35-,36+,37?/m1/s1. The summed E-state index contributed by atoms with van der Waals surface area (Å²) in [6, 6.07) is 12.3. The van der Waals surface area contributed by atoms with E-state index in [1.54, 1.807) is 6.07 Å². The molecule has 2 aliphatic rings. The van der Waals surface area contributed by atoms with Crippen LogP contribution in [0.25, 0.3) is 0 Å². The van der Waals surface area contributed by atoms with Gasteiger partial charge in [-0.05, 0) is 67.9 Å². The summed E-state index contributed by atoms with van der Waals surface area (Å²) in [5.41, 5.74) is 3.08. The van der Waals surface area contributed by atoms with E-state index >= 15 is 0 Å². The molecule has 6 atom stereocenters. The summed E-state index contributed by atoms with van der Waals surface area (Å²) < 4.78 is 32.9. The first-order valence-corrected chi connectivity index (χ1v) is 18.6. The minimum Gasteiger partial charge on any atom is -0.508 e. The van der Waals surface area contributed by atoms with Crippen LogP contribution in [0.15, 0.2) is 41.3 Å². The van der Waals surface area contributed by atoms with Gasteiger partial charge in [0.05, 0.1) is 6.61 Å². The zero-order valence-electron chi connectivity index (χ0n) is 27.8. The maximum absolute atomic E-state index is 11.4. The van der Waals surface area contributed by atoms with Gasteiger partial charge < -0.3 is 28.8 Å². The fraction of sp³-hybridized carbons (Fsp3) is 0.676. The Morgan fingerprint density at radius 2 is 1.44 bits per heavy atom. The van der Waals surface area contributed by atoms with Crippen molar-refractivity contribution in [2.45, 2.75) is 133 Å². The molecule has 2 aromatic rings. The molecule has 2 heterocycles. The highest BCUT2D eigenvalue weighted by atomic mass is 35.5. The lowest BCUT2D eigenvalue weighted by Crippen LogP contribution is -2.58. The Kier molecular flexibility index (Phi) is 15.8. The van der Waals surface area contributed by atoms with Gasteiger partial charge in [-0.25, -0.2) is 0 Å². The maximum atomic E-state index is 11.4. The summed E-state index contributed by atoms with van der Waals surface area (Å²) in [5, 5.41) is 12.4. The predicted octanol–water partition coefficient (Wildman–Crippen LogP) is 9.12. The summed E-state index contributed by atoms with van der Waals surface area (Å²) in [5.74, 6) is 0.114. The summed E-state index contributed by atoms with van der Waals surface area (Å²) in [6.07, 6.45) is 7.63. The maximum Gasteiger partial charge on any atom is 0.122 e. The summed E-state index contributed by atoms with van der Waals surface area (Å²) in [6.45, 7) is 11.5. The molecule has 2 aliphatic heterocycles. The van der Waals surface area contributed by atoms with Gasteiger partial charge in [0.25, 0.3) is 0 Å². The first-order valence-electron chi connectivity index (χ1n) is 17.3. The van der Waals surface area contributed by atoms with Gasteiger partial charge in [0.2, 0.25) is 0 Å². The Morgan fingerprint density at radius 1 is 0.822 bits per heavy atom. The second-order valence-electron chi connectivity index (χ2n) is 12.3. The number of rotatable bonds is 20. The number of hydrogen-bond acceptors (Lipinski definition) is 7. The van der Waals surface area contributed by atoms with Crippen molar-refractivity contribution in [1.29, 1.82) is 0 Å². The molecule has 0 aromatic heterocycles. The van der Waals surface area contributed by atoms with E-state index in [9.17, 15) is 5.11 Å². The van der Waals surface area contributed by atoms with Crippen LogP contribution < -0.4 is 0 Å². The molecule has 2 unspecified atom stereocenters. The van der Waals surface area contributed by atoms with Crippen LogP contribution in [0.4, 0.5) is 0 Å². The molecule has 0 saturated carbocycles. The Morgan fingerprint density at radius 3 is 2.11 bits per heavy atom. The molecular formula is C37H55ClO6S. The monoisotopic (exact) mass is 662 g/mol. The van der Waals surface area contributed by atoms with Crippen LogP contribution in [-0.2, 0) is 36.5 Å². The fourth-order valence-corrected chi connectivity index (χ4v) is 7.61. The van der Waals surface area contributed by atoms with Crippen molar-refractivity contribution >= 4 is 23.4 Å². The van der Waals surface area contributed by atoms with Crippen molar-refractivity contribution in [2.75, 3.05) is 33.0 Å². The van der Waals surface area contributed by atoms with Crippen LogP contribution in [0.3, 0.4) is 0 Å². The van der Waals surface area contributed by atoms with Crippen LogP contribution in [0, 0.1) is 0 Å². The van der Waals surface area contributed by atoms with Crippen molar-refractivity contribution < 1.29 is 28.8 Å². The molecule has 1 saturated heterocycles. The van der Waals surface area contributed by atoms with E-state index in [4.69, 9.17) is 35.3 Å². The Hall–Kier alpha value is -1.32. The number of benzene rings is 2. The van der Waals surface area contributed by atoms with Crippen molar-refractivity contribution in [1.82, 2.24) is 0 Å². The lowest BCUT2D eigenvalue weighted by molar-refractivity contribution is -0.268. The van der Waals surface area contributed by atoms with Crippen LogP contribution >= 0.6 is 23.4 Å². The van der Waals surface area contributed by atoms with Crippen molar-refractivity contribution in [3.63, 3.8) is 0 Å². The van der Waals surface area contributed by atoms with E-state index in [1.807, 2.05) is 17.8 Å². The number of ether oxygens (including phenoxy) is 5. The number of phenols is 1. The predicted molar refractivity (Wildman–Crippen MR) is 184 cm³/mol. The second kappa shape index (κ2) is 19.5. The zero-order chi connectivity index (χ0) is 32.0. The van der Waals surface area contributed by atoms with E-state index in [2.05, 4.69) is 52.0 Å². The van der Waals surface area contributed by atoms with E-state index in [1.165, 1.54) is 10.5 Å². The Bertz CT molecular complexity index is 1120. The molecule has 1 fully saturated rings. The number of fused-ring (bicyclic) bond motifs is 1. The normalized spacial score (nSPS) is 24.6. The average Bonchev–Trinajstić information content (AvgIpc) is 3.45. The number of halogens is 1. The zero-order valence-corrected chi connectivity index (χ0v) is 29.4. The first kappa shape index (κ1) is 36.5. The number of hydrogen-bond donors (Lipinski definition) is 1. The molecule has 0 bridgehead atoms. The Balaban J connectivity index is 1.67. The van der Waals surface area contributed by atoms with Crippen molar-refractivity contribution in [3.8, 4) is 5.75 Å². The van der Waals surface area contributed by atoms with Crippen LogP contribution in [0.1, 0.15) is 102 Å². The lowest BCUT2D eigenvalue weighted by atomic mass is 9.88. The quantitative estimate of drug-likeness (QED) is 0.142. The largest absolute Gasteiger partial charge is 0.508 e. The highest BCUT2D eigenvalue weighted by Gasteiger charge is 2.49. The van der Waals surface area contributed by atoms with Gasteiger partial charge in [-0.2, -0.15) is 0 Å². The van der Waals surface area contributed by atoms with Gasteiger partial charge in [-0.15, -0.1) is 11.8 Å². The van der Waals surface area contributed by atoms with Gasteiger partial charge in [0.1, 0.15) is 36.3 Å². The third-order valence-electron chi connectivity index (χ3n) is 8.65. The molecule has 1 N–H and O–H groups in total. The van der Waals surface area contributed by atoms with Crippen LogP contribution in [0.2, 0.25) is 5.02 Å². The molecule has 0 spiro atoms. The molecule has 8 heteroatoms. The second-order valence-corrected chi connectivity index (χ2v) is 14.1. The molecule has 6 nitrogen and oxygen atoms in total. The molecule has 0 aliphatic carbocycles. The molecule has 0 amide bonds. The van der Waals surface area contributed by atoms with Crippen LogP contribution in [-0.4, -0.2) is 67.8 Å². The third-order valence-corrected chi connectivity index (χ3v) is 10.3. The number of phenolic OH excluding ortho intramolecular Hbond substituents is 1.